The van der Waals surface area contributed by atoms with Crippen LogP contribution in [0.15, 0.2) is 0 Å². The number of nitrogens with two attached hydrogens (primary N) is 2. The number of aliphatic hydroxyl groups is 1. The molecule has 0 bridgehead atoms. The molecule has 3 amide bonds. The van der Waals surface area contributed by atoms with E-state index in [0.717, 1.165) is 0 Å². The highest BCUT2D eigenvalue weighted by molar-refractivity contribution is 5.94. The molecule has 0 aromatic carbocycles. The van der Waals surface area contributed by atoms with Crippen LogP contribution in [0.2, 0.25) is 0 Å². The van der Waals surface area contributed by atoms with Gasteiger partial charge in [0.05, 0.1) is 12.6 Å². The third-order valence-corrected chi connectivity index (χ3v) is 5.22. The number of carbonyl (C=O) groups is 5. The normalized spacial score (nSPS) is 15.4. The molecule has 0 aromatic heterocycles. The first-order valence-electron chi connectivity index (χ1n) is 10.9. The number of carboxylic acids is 2. The van der Waals surface area contributed by atoms with Crippen LogP contribution in [-0.2, 0) is 24.0 Å². The molecule has 190 valence electrons. The van der Waals surface area contributed by atoms with Gasteiger partial charge in [-0.25, -0.2) is 4.79 Å². The molecular weight excluding hydrogens is 438 g/mol. The minimum absolute atomic E-state index is 0.110. The highest BCUT2D eigenvalue weighted by Crippen LogP contribution is 2.08. The summed E-state index contributed by atoms with van der Waals surface area (Å²) in [6.45, 7) is 3.08. The quantitative estimate of drug-likeness (QED) is 0.106. The average molecular weight is 476 g/mol. The van der Waals surface area contributed by atoms with Crippen molar-refractivity contribution in [3.05, 3.63) is 0 Å². The summed E-state index contributed by atoms with van der Waals surface area (Å²) in [7, 11) is 0. The number of hydrogen-bond acceptors (Lipinski definition) is 8. The Hall–Kier alpha value is -2.77. The topological polar surface area (TPSA) is 234 Å². The van der Waals surface area contributed by atoms with E-state index in [0.29, 0.717) is 25.8 Å². The van der Waals surface area contributed by atoms with Gasteiger partial charge >= 0.3 is 11.9 Å². The molecule has 5 unspecified atom stereocenters. The van der Waals surface area contributed by atoms with Gasteiger partial charge in [0.2, 0.25) is 17.7 Å². The molecule has 0 spiro atoms. The van der Waals surface area contributed by atoms with Gasteiger partial charge in [0.15, 0.2) is 0 Å². The third-order valence-electron chi connectivity index (χ3n) is 5.22. The molecule has 0 aromatic rings. The van der Waals surface area contributed by atoms with Crippen molar-refractivity contribution in [1.82, 2.24) is 16.0 Å². The van der Waals surface area contributed by atoms with Crippen LogP contribution in [-0.4, -0.2) is 82.3 Å². The summed E-state index contributed by atoms with van der Waals surface area (Å²) in [6.07, 6.45) is 1.01. The van der Waals surface area contributed by atoms with Gasteiger partial charge in [-0.2, -0.15) is 0 Å². The van der Waals surface area contributed by atoms with Gasteiger partial charge in [0.1, 0.15) is 18.1 Å². The van der Waals surface area contributed by atoms with Crippen molar-refractivity contribution in [2.24, 2.45) is 17.4 Å². The van der Waals surface area contributed by atoms with E-state index in [1.165, 1.54) is 0 Å². The Labute approximate surface area is 192 Å². The fraction of sp³-hybridized carbons (Fsp3) is 0.750. The molecule has 10 N–H and O–H groups in total. The van der Waals surface area contributed by atoms with Crippen molar-refractivity contribution in [3.8, 4) is 0 Å². The molecule has 0 saturated heterocycles. The number of carboxylic acid groups (broad SMARTS) is 2. The zero-order chi connectivity index (χ0) is 25.6. The summed E-state index contributed by atoms with van der Waals surface area (Å²) in [5, 5.41) is 34.2. The Kier molecular flexibility index (Phi) is 14.6. The van der Waals surface area contributed by atoms with Crippen molar-refractivity contribution in [3.63, 3.8) is 0 Å². The zero-order valence-electron chi connectivity index (χ0n) is 19.1. The summed E-state index contributed by atoms with van der Waals surface area (Å²) in [5.41, 5.74) is 11.3. The van der Waals surface area contributed by atoms with Crippen LogP contribution < -0.4 is 27.4 Å². The molecule has 0 radical (unpaired) electrons. The standard InChI is InChI=1S/C20H37N5O8/c1-3-11(2)16(22)19(31)24-13(7-8-15(27)28)18(30)23-12(6-4-5-9-21)17(29)25-14(10-26)20(32)33/h11-14,16,26H,3-10,21-22H2,1-2H3,(H,23,30)(H,24,31)(H,25,29)(H,27,28)(H,32,33). The van der Waals surface area contributed by atoms with E-state index < -0.39 is 66.9 Å². The number of rotatable bonds is 17. The van der Waals surface area contributed by atoms with E-state index >= 15 is 0 Å². The lowest BCUT2D eigenvalue weighted by atomic mass is 9.98. The molecule has 0 heterocycles. The first kappa shape index (κ1) is 30.2. The maximum atomic E-state index is 12.9. The van der Waals surface area contributed by atoms with E-state index in [-0.39, 0.29) is 18.8 Å². The number of aliphatic carboxylic acids is 2. The van der Waals surface area contributed by atoms with Gasteiger partial charge in [0.25, 0.3) is 0 Å². The largest absolute Gasteiger partial charge is 0.481 e. The van der Waals surface area contributed by atoms with Gasteiger partial charge in [0, 0.05) is 6.42 Å². The Balaban J connectivity index is 5.51. The van der Waals surface area contributed by atoms with Crippen LogP contribution in [0, 0.1) is 5.92 Å². The lowest BCUT2D eigenvalue weighted by Gasteiger charge is -2.25. The molecule has 33 heavy (non-hydrogen) atoms. The van der Waals surface area contributed by atoms with Crippen LogP contribution in [0.3, 0.4) is 0 Å². The summed E-state index contributed by atoms with van der Waals surface area (Å²) in [5.74, 6) is -5.12. The maximum absolute atomic E-state index is 12.9. The lowest BCUT2D eigenvalue weighted by Crippen LogP contribution is -2.58. The minimum atomic E-state index is -1.57. The van der Waals surface area contributed by atoms with E-state index in [1.807, 2.05) is 6.92 Å². The van der Waals surface area contributed by atoms with Crippen LogP contribution >= 0.6 is 0 Å². The molecule has 0 aliphatic carbocycles. The van der Waals surface area contributed by atoms with Crippen molar-refractivity contribution < 1.29 is 39.3 Å². The van der Waals surface area contributed by atoms with Crippen LogP contribution in [0.25, 0.3) is 0 Å². The number of hydrogen-bond donors (Lipinski definition) is 8. The Morgan fingerprint density at radius 2 is 1.36 bits per heavy atom. The third kappa shape index (κ3) is 11.6. The number of amides is 3. The second-order valence-corrected chi connectivity index (χ2v) is 7.83. The molecule has 0 saturated carbocycles. The summed E-state index contributed by atoms with van der Waals surface area (Å²) >= 11 is 0. The van der Waals surface area contributed by atoms with E-state index in [4.69, 9.17) is 26.8 Å². The summed E-state index contributed by atoms with van der Waals surface area (Å²) < 4.78 is 0. The maximum Gasteiger partial charge on any atom is 0.328 e. The number of carbonyl (C=O) groups excluding carboxylic acids is 3. The van der Waals surface area contributed by atoms with Gasteiger partial charge < -0.3 is 42.7 Å². The first-order valence-corrected chi connectivity index (χ1v) is 10.9. The average Bonchev–Trinajstić information content (AvgIpc) is 2.77. The fourth-order valence-corrected chi connectivity index (χ4v) is 2.81. The molecule has 13 heteroatoms. The van der Waals surface area contributed by atoms with E-state index in [1.54, 1.807) is 6.92 Å². The lowest BCUT2D eigenvalue weighted by molar-refractivity contribution is -0.143. The Bertz CT molecular complexity index is 675. The van der Waals surface area contributed by atoms with Crippen molar-refractivity contribution >= 4 is 29.7 Å². The number of aliphatic hydroxyl groups excluding tert-OH is 1. The van der Waals surface area contributed by atoms with Gasteiger partial charge in [-0.15, -0.1) is 0 Å². The van der Waals surface area contributed by atoms with Gasteiger partial charge in [-0.1, -0.05) is 20.3 Å². The monoisotopic (exact) mass is 475 g/mol. The molecule has 0 aliphatic rings. The SMILES string of the molecule is CCC(C)C(N)C(=O)NC(CCC(=O)O)C(=O)NC(CCCCN)C(=O)NC(CO)C(=O)O. The van der Waals surface area contributed by atoms with Crippen molar-refractivity contribution in [1.29, 1.82) is 0 Å². The summed E-state index contributed by atoms with van der Waals surface area (Å²) in [6, 6.07) is -4.95. The molecule has 0 rings (SSSR count). The van der Waals surface area contributed by atoms with Crippen molar-refractivity contribution in [2.75, 3.05) is 13.2 Å². The van der Waals surface area contributed by atoms with Crippen molar-refractivity contribution in [2.45, 2.75) is 76.5 Å². The Morgan fingerprint density at radius 1 is 0.848 bits per heavy atom. The minimum Gasteiger partial charge on any atom is -0.481 e. The first-order chi connectivity index (χ1) is 15.5. The zero-order valence-corrected chi connectivity index (χ0v) is 19.1. The van der Waals surface area contributed by atoms with Crippen LogP contribution in [0.1, 0.15) is 52.4 Å². The number of unbranched alkanes of at least 4 members (excludes halogenated alkanes) is 1. The predicted octanol–water partition coefficient (Wildman–Crippen LogP) is -2.12. The summed E-state index contributed by atoms with van der Waals surface area (Å²) in [4.78, 5) is 60.0. The highest BCUT2D eigenvalue weighted by atomic mass is 16.4. The predicted molar refractivity (Wildman–Crippen MR) is 118 cm³/mol. The van der Waals surface area contributed by atoms with E-state index in [2.05, 4.69) is 16.0 Å². The second kappa shape index (κ2) is 15.9. The molecule has 0 fully saturated rings. The smallest absolute Gasteiger partial charge is 0.328 e. The molecule has 5 atom stereocenters. The molecule has 13 nitrogen and oxygen atoms in total. The van der Waals surface area contributed by atoms with Gasteiger partial charge in [-0.05, 0) is 38.1 Å². The van der Waals surface area contributed by atoms with E-state index in [9.17, 15) is 24.0 Å². The van der Waals surface area contributed by atoms with Crippen LogP contribution in [0.5, 0.6) is 0 Å². The highest BCUT2D eigenvalue weighted by Gasteiger charge is 2.31. The van der Waals surface area contributed by atoms with Gasteiger partial charge in [-0.3, -0.25) is 19.2 Å². The molecule has 0 aliphatic heterocycles. The number of nitrogens with one attached hydrogen (secondary N) is 3. The fourth-order valence-electron chi connectivity index (χ4n) is 2.81. The van der Waals surface area contributed by atoms with Crippen LogP contribution in [0.4, 0.5) is 0 Å². The molecular formula is C20H37N5O8. The second-order valence-electron chi connectivity index (χ2n) is 7.83. The Morgan fingerprint density at radius 3 is 1.82 bits per heavy atom.